The Kier molecular flexibility index (Phi) is 18.1. The van der Waals surface area contributed by atoms with Crippen LogP contribution in [0.2, 0.25) is 0 Å². The van der Waals surface area contributed by atoms with Gasteiger partial charge in [0.05, 0.1) is 42.2 Å². The summed E-state index contributed by atoms with van der Waals surface area (Å²) in [6.07, 6.45) is 0.121. The maximum absolute atomic E-state index is 14.6. The Hall–Kier alpha value is -4.89. The van der Waals surface area contributed by atoms with Crippen LogP contribution in [0.3, 0.4) is 0 Å². The van der Waals surface area contributed by atoms with Gasteiger partial charge in [-0.3, -0.25) is 19.2 Å². The van der Waals surface area contributed by atoms with Crippen molar-refractivity contribution in [3.8, 4) is 5.69 Å². The minimum atomic E-state index is -2.54. The molecule has 9 rings (SSSR count). The summed E-state index contributed by atoms with van der Waals surface area (Å²) in [6.45, 7) is 10.6. The number of piperidine rings is 1. The molecule has 1 aromatic carbocycles. The zero-order chi connectivity index (χ0) is 54.9. The number of fused-ring (bicyclic) bond motifs is 13. The summed E-state index contributed by atoms with van der Waals surface area (Å²) in [5, 5.41) is 35.2. The number of aliphatic hydroxyl groups excluding tert-OH is 2. The van der Waals surface area contributed by atoms with Crippen molar-refractivity contribution in [1.29, 1.82) is 0 Å². The molecule has 6 aliphatic heterocycles. The number of allylic oxidation sites excluding steroid dienone is 1. The maximum atomic E-state index is 14.6. The van der Waals surface area contributed by atoms with E-state index in [2.05, 4.69) is 0 Å². The van der Waals surface area contributed by atoms with Gasteiger partial charge in [-0.05, 0) is 138 Å². The van der Waals surface area contributed by atoms with Gasteiger partial charge in [-0.25, -0.2) is 28.3 Å². The van der Waals surface area contributed by atoms with Crippen molar-refractivity contribution >= 4 is 29.2 Å². The number of esters is 1. The molecule has 7 aliphatic rings. The Labute approximate surface area is 444 Å². The Balaban J connectivity index is 1.19. The van der Waals surface area contributed by atoms with Crippen LogP contribution in [0, 0.1) is 29.6 Å². The maximum Gasteiger partial charge on any atom is 0.352 e. The van der Waals surface area contributed by atoms with Crippen molar-refractivity contribution in [2.45, 2.75) is 204 Å². The third-order valence-electron chi connectivity index (χ3n) is 17.7. The third kappa shape index (κ3) is 11.6. The first-order valence-electron chi connectivity index (χ1n) is 27.6. The van der Waals surface area contributed by atoms with Crippen LogP contribution in [0.1, 0.15) is 144 Å². The van der Waals surface area contributed by atoms with E-state index in [9.17, 15) is 48.9 Å². The highest BCUT2D eigenvalue weighted by Gasteiger charge is 2.53. The predicted octanol–water partition coefficient (Wildman–Crippen LogP) is 4.87. The molecule has 76 heavy (non-hydrogen) atoms. The highest BCUT2D eigenvalue weighted by atomic mass is 16.6. The van der Waals surface area contributed by atoms with Crippen LogP contribution in [0.25, 0.3) is 5.69 Å². The van der Waals surface area contributed by atoms with Gasteiger partial charge in [-0.1, -0.05) is 52.0 Å². The third-order valence-corrected chi connectivity index (χ3v) is 17.7. The SMILES string of the molecule is COC1CC2CC[C@@H](C)[C@@](O)(O2)C(=O)C(=O)N2CCCC[C@H]2C(=O)OC2CC(=O)C(/C=C(/C)[C@@H](O)C(OC)C(=O)[C@H](C)CC(C)C3CCC(C=C1C)n1c(=O)n(-c4ccccc4)c(=O)n13)OC1CC(CCC1O)CC2C. The Morgan fingerprint density at radius 2 is 1.45 bits per heavy atom. The first-order valence-corrected chi connectivity index (χ1v) is 27.6. The molecule has 17 atom stereocenters. The highest BCUT2D eigenvalue weighted by Crippen LogP contribution is 2.40. The Bertz CT molecular complexity index is 2640. The number of ketones is 3. The van der Waals surface area contributed by atoms with E-state index in [1.807, 2.05) is 26.8 Å². The summed E-state index contributed by atoms with van der Waals surface area (Å²) < 4.78 is 34.8. The van der Waals surface area contributed by atoms with Crippen LogP contribution in [-0.4, -0.2) is 145 Å². The van der Waals surface area contributed by atoms with Crippen molar-refractivity contribution in [2.75, 3.05) is 20.8 Å². The van der Waals surface area contributed by atoms with Gasteiger partial charge in [-0.15, -0.1) is 0 Å². The number of aliphatic hydroxyl groups is 3. The number of carbonyl (C=O) groups is 5. The van der Waals surface area contributed by atoms with Crippen molar-refractivity contribution in [2.24, 2.45) is 29.6 Å². The van der Waals surface area contributed by atoms with Gasteiger partial charge in [0, 0.05) is 45.4 Å². The minimum absolute atomic E-state index is 0.0391. The second kappa shape index (κ2) is 24.0. The first-order chi connectivity index (χ1) is 36.2. The normalized spacial score (nSPS) is 38.6. The van der Waals surface area contributed by atoms with E-state index in [1.54, 1.807) is 51.1 Å². The van der Waals surface area contributed by atoms with Crippen LogP contribution in [0.4, 0.5) is 0 Å². The predicted molar refractivity (Wildman–Crippen MR) is 277 cm³/mol. The smallest absolute Gasteiger partial charge is 0.352 e. The number of methoxy groups -OCH3 is 2. The number of para-hydroxylation sites is 1. The summed E-state index contributed by atoms with van der Waals surface area (Å²) in [4.78, 5) is 103. The largest absolute Gasteiger partial charge is 0.460 e. The molecule has 1 amide bonds. The van der Waals surface area contributed by atoms with Crippen molar-refractivity contribution < 1.29 is 63.0 Å². The molecule has 4 fully saturated rings. The van der Waals surface area contributed by atoms with Gasteiger partial charge in [0.15, 0.2) is 11.6 Å². The van der Waals surface area contributed by atoms with E-state index in [0.717, 1.165) is 9.47 Å². The lowest BCUT2D eigenvalue weighted by Crippen LogP contribution is -2.61. The summed E-state index contributed by atoms with van der Waals surface area (Å²) in [5.74, 6) is -8.69. The van der Waals surface area contributed by atoms with E-state index >= 15 is 0 Å². The first kappa shape index (κ1) is 57.3. The van der Waals surface area contributed by atoms with Crippen molar-refractivity contribution in [3.05, 3.63) is 74.6 Å². The highest BCUT2D eigenvalue weighted by molar-refractivity contribution is 6.39. The van der Waals surface area contributed by atoms with Gasteiger partial charge in [0.2, 0.25) is 5.79 Å². The molecule has 0 spiro atoms. The Morgan fingerprint density at radius 1 is 0.724 bits per heavy atom. The van der Waals surface area contributed by atoms with Crippen LogP contribution in [-0.2, 0) is 47.7 Å². The molecule has 12 unspecified atom stereocenters. The molecular formula is C57H80N4O15. The van der Waals surface area contributed by atoms with Crippen LogP contribution < -0.4 is 11.4 Å². The molecule has 19 nitrogen and oxygen atoms in total. The number of aromatic nitrogens is 3. The van der Waals surface area contributed by atoms with Gasteiger partial charge in [0.1, 0.15) is 30.5 Å². The quantitative estimate of drug-likeness (QED) is 0.211. The zero-order valence-electron chi connectivity index (χ0n) is 45.4. The fraction of sp³-hybridized carbons (Fsp3) is 0.702. The van der Waals surface area contributed by atoms with E-state index in [0.29, 0.717) is 75.5 Å². The number of amides is 1. The number of hydrogen-bond acceptors (Lipinski definition) is 15. The second-order valence-corrected chi connectivity index (χ2v) is 23.0. The fourth-order valence-electron chi connectivity index (χ4n) is 13.1. The molecule has 0 radical (unpaired) electrons. The number of nitrogens with zero attached hydrogens (tertiary/aromatic N) is 4. The van der Waals surface area contributed by atoms with Gasteiger partial charge >= 0.3 is 17.3 Å². The minimum Gasteiger partial charge on any atom is -0.460 e. The molecule has 7 heterocycles. The van der Waals surface area contributed by atoms with E-state index < -0.39 is 125 Å². The number of hydrogen-bond donors (Lipinski definition) is 3. The van der Waals surface area contributed by atoms with Crippen LogP contribution in [0.5, 0.6) is 0 Å². The fourth-order valence-corrected chi connectivity index (χ4v) is 13.1. The molecule has 19 heteroatoms. The monoisotopic (exact) mass is 1060 g/mol. The molecule has 1 aliphatic carbocycles. The molecule has 8 bridgehead atoms. The van der Waals surface area contributed by atoms with Crippen molar-refractivity contribution in [1.82, 2.24) is 18.8 Å². The Morgan fingerprint density at radius 3 is 2.16 bits per heavy atom. The average molecular weight is 1060 g/mol. The number of ether oxygens (including phenoxy) is 5. The number of rotatable bonds is 3. The number of carbonyl (C=O) groups excluding carboxylic acids is 5. The standard InChI is InChI=1S/C57H80N4O15/c1-31-24-34(4)49(64)51(73-8)50(65)35(5)27-47-44(63)30-46(32(2)25-37-18-22-43(62)48(28-37)74-47)75-54(68)42-16-12-13-23-58(42)53(67)52(66)57(71)36(6)17-20-40(76-57)29-45(72-7)33(3)26-39-19-21-41(31)61-56(70)59(55(69)60(39)61)38-14-10-9-11-15-38/h9-11,14-15,26-27,31-32,34,36-37,39-43,45-48,50-51,62,65,71H,12-13,16-25,28-30H2,1-8H3/b33-26?,35-27-/t31?,32?,34-,36-,37?,39?,40?,41?,42+,43?,45?,46?,47?,48?,50-,51?,57-/m1/s1. The number of benzene rings is 1. The second-order valence-electron chi connectivity index (χ2n) is 23.0. The van der Waals surface area contributed by atoms with Crippen molar-refractivity contribution in [3.63, 3.8) is 0 Å². The lowest BCUT2D eigenvalue weighted by Gasteiger charge is -2.43. The summed E-state index contributed by atoms with van der Waals surface area (Å²) in [7, 11) is 2.84. The van der Waals surface area contributed by atoms with E-state index in [-0.39, 0.29) is 55.6 Å². The molecule has 1 aromatic heterocycles. The number of Topliss-reactive ketones (excluding diaryl/α,β-unsaturated/α-hetero) is 3. The molecule has 418 valence electrons. The molecule has 3 N–H and O–H groups in total. The topological polar surface area (TPSA) is 244 Å². The summed E-state index contributed by atoms with van der Waals surface area (Å²) in [5.41, 5.74) is 0.190. The lowest BCUT2D eigenvalue weighted by atomic mass is 9.78. The molecule has 1 saturated carbocycles. The van der Waals surface area contributed by atoms with E-state index in [4.69, 9.17) is 23.7 Å². The lowest BCUT2D eigenvalue weighted by molar-refractivity contribution is -0.265. The van der Waals surface area contributed by atoms with Crippen LogP contribution >= 0.6 is 0 Å². The molecule has 3 saturated heterocycles. The molecular weight excluding hydrogens is 981 g/mol. The zero-order valence-corrected chi connectivity index (χ0v) is 45.4. The summed E-state index contributed by atoms with van der Waals surface area (Å²) >= 11 is 0. The van der Waals surface area contributed by atoms with E-state index in [1.165, 1.54) is 29.7 Å². The van der Waals surface area contributed by atoms with Gasteiger partial charge in [0.25, 0.3) is 11.7 Å². The van der Waals surface area contributed by atoms with Crippen LogP contribution in [0.15, 0.2) is 63.2 Å². The molecule has 2 aromatic rings. The van der Waals surface area contributed by atoms with Gasteiger partial charge in [-0.2, -0.15) is 0 Å². The summed E-state index contributed by atoms with van der Waals surface area (Å²) in [6, 6.07) is 6.30. The van der Waals surface area contributed by atoms with Gasteiger partial charge < -0.3 is 43.9 Å². The average Bonchev–Trinajstić information content (AvgIpc) is 3.70.